The van der Waals surface area contributed by atoms with E-state index in [1.54, 1.807) is 0 Å². The summed E-state index contributed by atoms with van der Waals surface area (Å²) in [5.41, 5.74) is 0. The first-order chi connectivity index (χ1) is 7.13. The van der Waals surface area contributed by atoms with E-state index in [4.69, 9.17) is 4.43 Å². The molecule has 0 fully saturated rings. The van der Waals surface area contributed by atoms with Gasteiger partial charge < -0.3 is 4.43 Å². The quantitative estimate of drug-likeness (QED) is 0.506. The Morgan fingerprint density at radius 1 is 1.12 bits per heavy atom. The van der Waals surface area contributed by atoms with Gasteiger partial charge in [0, 0.05) is 0 Å². The van der Waals surface area contributed by atoms with Gasteiger partial charge in [-0.1, -0.05) is 46.8 Å². The average Bonchev–Trinajstić information content (AvgIpc) is 2.09. The molecule has 0 saturated carbocycles. The Kier molecular flexibility index (Phi) is 4.07. The second kappa shape index (κ2) is 4.65. The summed E-state index contributed by atoms with van der Waals surface area (Å²) in [6.07, 6.45) is 6.27. The maximum atomic E-state index is 6.51. The zero-order valence-electron chi connectivity index (χ0n) is 12.0. The zero-order valence-corrected chi connectivity index (χ0v) is 13.0. The van der Waals surface area contributed by atoms with Gasteiger partial charge in [0.25, 0.3) is 0 Å². The molecular weight excluding hydrogens is 212 g/mol. The Hall–Kier alpha value is -0.0831. The van der Waals surface area contributed by atoms with Crippen molar-refractivity contribution in [3.05, 3.63) is 12.2 Å². The highest BCUT2D eigenvalue weighted by Gasteiger charge is 2.40. The van der Waals surface area contributed by atoms with Crippen LogP contribution >= 0.6 is 0 Å². The summed E-state index contributed by atoms with van der Waals surface area (Å²) in [6, 6.07) is 0. The first-order valence-corrected chi connectivity index (χ1v) is 9.40. The fourth-order valence-corrected chi connectivity index (χ4v) is 3.28. The number of hydrogen-bond donors (Lipinski definition) is 0. The molecular formula is C14H28OSi. The van der Waals surface area contributed by atoms with Crippen molar-refractivity contribution < 1.29 is 4.43 Å². The van der Waals surface area contributed by atoms with Crippen LogP contribution in [0.25, 0.3) is 0 Å². The lowest BCUT2D eigenvalue weighted by atomic mass is 9.88. The lowest BCUT2D eigenvalue weighted by Gasteiger charge is -2.42. The Balaban J connectivity index is 2.71. The van der Waals surface area contributed by atoms with Gasteiger partial charge in [0.1, 0.15) is 0 Å². The molecule has 0 N–H and O–H groups in total. The molecule has 0 aromatic carbocycles. The summed E-state index contributed by atoms with van der Waals surface area (Å²) in [5.74, 6) is 1.25. The fraction of sp³-hybridized carbons (Fsp3) is 0.857. The van der Waals surface area contributed by atoms with Crippen LogP contribution in [0.3, 0.4) is 0 Å². The SMILES string of the molecule is C[C@H]1C=C[C@H](C)[C@@H](O[Si](C)(C)C(C)(C)C)C1. The standard InChI is InChI=1S/C14H28OSi/c1-11-8-9-12(2)13(10-11)15-16(6,7)14(3,4)5/h8-9,11-13H,10H2,1-7H3/t11-,12-,13-/m0/s1. The fourth-order valence-electron chi connectivity index (χ4n) is 1.86. The van der Waals surface area contributed by atoms with Crippen LogP contribution in [0.1, 0.15) is 41.0 Å². The van der Waals surface area contributed by atoms with Crippen molar-refractivity contribution in [3.8, 4) is 0 Å². The van der Waals surface area contributed by atoms with Crippen LogP contribution in [0.15, 0.2) is 12.2 Å². The Morgan fingerprint density at radius 3 is 2.19 bits per heavy atom. The molecule has 1 aliphatic carbocycles. The van der Waals surface area contributed by atoms with Gasteiger partial charge in [-0.05, 0) is 36.4 Å². The Labute approximate surface area is 102 Å². The highest BCUT2D eigenvalue weighted by Crippen LogP contribution is 2.39. The minimum atomic E-state index is -1.60. The lowest BCUT2D eigenvalue weighted by Crippen LogP contribution is -2.46. The van der Waals surface area contributed by atoms with Crippen molar-refractivity contribution in [2.75, 3.05) is 0 Å². The van der Waals surface area contributed by atoms with E-state index in [1.165, 1.54) is 6.42 Å². The van der Waals surface area contributed by atoms with Crippen LogP contribution in [0.2, 0.25) is 18.1 Å². The largest absolute Gasteiger partial charge is 0.413 e. The summed E-state index contributed by atoms with van der Waals surface area (Å²) in [5, 5.41) is 0.317. The second-order valence-corrected chi connectivity index (χ2v) is 11.6. The molecule has 0 radical (unpaired) electrons. The van der Waals surface area contributed by atoms with Gasteiger partial charge in [0.15, 0.2) is 8.32 Å². The van der Waals surface area contributed by atoms with Crippen molar-refractivity contribution in [1.82, 2.24) is 0 Å². The molecule has 94 valence electrons. The lowest BCUT2D eigenvalue weighted by molar-refractivity contribution is 0.119. The number of rotatable bonds is 2. The van der Waals surface area contributed by atoms with Gasteiger partial charge in [-0.2, -0.15) is 0 Å². The summed E-state index contributed by atoms with van der Waals surface area (Å²) in [6.45, 7) is 16.2. The van der Waals surface area contributed by atoms with E-state index in [2.05, 4.69) is 59.9 Å². The molecule has 0 heterocycles. The van der Waals surface area contributed by atoms with Crippen LogP contribution < -0.4 is 0 Å². The molecule has 0 saturated heterocycles. The van der Waals surface area contributed by atoms with Crippen LogP contribution in [-0.4, -0.2) is 14.4 Å². The van der Waals surface area contributed by atoms with Crippen molar-refractivity contribution in [1.29, 1.82) is 0 Å². The minimum absolute atomic E-state index is 0.317. The van der Waals surface area contributed by atoms with E-state index >= 15 is 0 Å². The molecule has 1 aliphatic rings. The normalized spacial score (nSPS) is 31.8. The van der Waals surface area contributed by atoms with E-state index in [0.29, 0.717) is 23.0 Å². The predicted octanol–water partition coefficient (Wildman–Crippen LogP) is 4.61. The second-order valence-electron chi connectivity index (χ2n) is 6.87. The van der Waals surface area contributed by atoms with Crippen molar-refractivity contribution in [3.63, 3.8) is 0 Å². The topological polar surface area (TPSA) is 9.23 Å². The number of allylic oxidation sites excluding steroid dienone is 1. The molecule has 0 aromatic rings. The van der Waals surface area contributed by atoms with Gasteiger partial charge in [0.2, 0.25) is 0 Å². The van der Waals surface area contributed by atoms with Crippen molar-refractivity contribution in [2.45, 2.75) is 65.3 Å². The summed E-state index contributed by atoms with van der Waals surface area (Å²) < 4.78 is 6.51. The highest BCUT2D eigenvalue weighted by atomic mass is 28.4. The molecule has 0 unspecified atom stereocenters. The first-order valence-electron chi connectivity index (χ1n) is 6.49. The smallest absolute Gasteiger partial charge is 0.192 e. The average molecular weight is 240 g/mol. The maximum absolute atomic E-state index is 6.51. The third-order valence-corrected chi connectivity index (χ3v) is 8.69. The maximum Gasteiger partial charge on any atom is 0.192 e. The van der Waals surface area contributed by atoms with E-state index in [9.17, 15) is 0 Å². The predicted molar refractivity (Wildman–Crippen MR) is 74.2 cm³/mol. The van der Waals surface area contributed by atoms with E-state index < -0.39 is 8.32 Å². The first kappa shape index (κ1) is 14.0. The van der Waals surface area contributed by atoms with Gasteiger partial charge >= 0.3 is 0 Å². The van der Waals surface area contributed by atoms with Crippen LogP contribution in [0.5, 0.6) is 0 Å². The molecule has 0 aromatic heterocycles. The zero-order chi connectivity index (χ0) is 12.6. The van der Waals surface area contributed by atoms with Gasteiger partial charge in [-0.25, -0.2) is 0 Å². The highest BCUT2D eigenvalue weighted by molar-refractivity contribution is 6.74. The third kappa shape index (κ3) is 3.20. The van der Waals surface area contributed by atoms with Crippen LogP contribution in [0, 0.1) is 11.8 Å². The van der Waals surface area contributed by atoms with Crippen LogP contribution in [0.4, 0.5) is 0 Å². The minimum Gasteiger partial charge on any atom is -0.413 e. The van der Waals surface area contributed by atoms with E-state index in [1.807, 2.05) is 0 Å². The van der Waals surface area contributed by atoms with E-state index in [0.717, 1.165) is 0 Å². The van der Waals surface area contributed by atoms with E-state index in [-0.39, 0.29) is 0 Å². The molecule has 0 aliphatic heterocycles. The van der Waals surface area contributed by atoms with Gasteiger partial charge in [0.05, 0.1) is 6.10 Å². The molecule has 3 atom stereocenters. The molecule has 1 rings (SSSR count). The molecule has 0 bridgehead atoms. The molecule has 2 heteroatoms. The Morgan fingerprint density at radius 2 is 1.69 bits per heavy atom. The van der Waals surface area contributed by atoms with Gasteiger partial charge in [-0.3, -0.25) is 0 Å². The number of hydrogen-bond acceptors (Lipinski definition) is 1. The third-order valence-electron chi connectivity index (χ3n) is 4.19. The summed E-state index contributed by atoms with van der Waals surface area (Å²) in [4.78, 5) is 0. The molecule has 1 nitrogen and oxygen atoms in total. The van der Waals surface area contributed by atoms with Gasteiger partial charge in [-0.15, -0.1) is 0 Å². The molecule has 16 heavy (non-hydrogen) atoms. The molecule has 0 spiro atoms. The van der Waals surface area contributed by atoms with Crippen molar-refractivity contribution in [2.24, 2.45) is 11.8 Å². The monoisotopic (exact) mass is 240 g/mol. The molecule has 0 amide bonds. The Bertz CT molecular complexity index is 262. The summed E-state index contributed by atoms with van der Waals surface area (Å²) in [7, 11) is -1.60. The summed E-state index contributed by atoms with van der Waals surface area (Å²) >= 11 is 0. The van der Waals surface area contributed by atoms with Crippen molar-refractivity contribution >= 4 is 8.32 Å². The van der Waals surface area contributed by atoms with Crippen LogP contribution in [-0.2, 0) is 4.43 Å².